The zero-order valence-electron chi connectivity index (χ0n) is 18.4. The highest BCUT2D eigenvalue weighted by Crippen LogP contribution is 2.65. The van der Waals surface area contributed by atoms with E-state index in [4.69, 9.17) is 9.94 Å². The maximum absolute atomic E-state index is 11.9. The zero-order valence-corrected chi connectivity index (χ0v) is 18.4. The molecule has 3 fully saturated rings. The summed E-state index contributed by atoms with van der Waals surface area (Å²) in [6.07, 6.45) is 11.3. The molecule has 0 saturated heterocycles. The molecule has 0 heterocycles. The van der Waals surface area contributed by atoms with Crippen molar-refractivity contribution in [2.45, 2.75) is 84.7 Å². The molecule has 7 nitrogen and oxygen atoms in total. The quantitative estimate of drug-likeness (QED) is 0.356. The fourth-order valence-corrected chi connectivity index (χ4v) is 6.95. The van der Waals surface area contributed by atoms with Crippen LogP contribution in [0.1, 0.15) is 78.6 Å². The first-order chi connectivity index (χ1) is 14.2. The van der Waals surface area contributed by atoms with Crippen LogP contribution in [-0.2, 0) is 14.3 Å². The number of amides is 2. The Kier molecular flexibility index (Phi) is 6.60. The SMILES string of the molecule is CCC(=O)OC1CCC2C3CCC4=CC(=O)CCC4(C)C3CCC12C.NC(=O)NO. The van der Waals surface area contributed by atoms with E-state index in [2.05, 4.69) is 19.6 Å². The van der Waals surface area contributed by atoms with Crippen LogP contribution in [0.15, 0.2) is 11.6 Å². The summed E-state index contributed by atoms with van der Waals surface area (Å²) in [5, 5.41) is 7.42. The molecule has 6 atom stereocenters. The van der Waals surface area contributed by atoms with E-state index >= 15 is 0 Å². The average molecular weight is 421 g/mol. The summed E-state index contributed by atoms with van der Waals surface area (Å²) in [5.41, 5.74) is 7.28. The molecule has 7 heteroatoms. The fraction of sp³-hybridized carbons (Fsp3) is 0.783. The molecule has 6 unspecified atom stereocenters. The molecule has 0 aliphatic heterocycles. The molecule has 0 bridgehead atoms. The van der Waals surface area contributed by atoms with Crippen LogP contribution in [0.2, 0.25) is 0 Å². The Morgan fingerprint density at radius 3 is 2.50 bits per heavy atom. The number of primary amides is 1. The minimum Gasteiger partial charge on any atom is -0.462 e. The third-order valence-corrected chi connectivity index (χ3v) is 8.55. The smallest absolute Gasteiger partial charge is 0.335 e. The Bertz CT molecular complexity index is 735. The van der Waals surface area contributed by atoms with Gasteiger partial charge in [-0.25, -0.2) is 10.3 Å². The van der Waals surface area contributed by atoms with Crippen molar-refractivity contribution in [1.29, 1.82) is 0 Å². The maximum atomic E-state index is 11.9. The highest BCUT2D eigenvalue weighted by atomic mass is 16.5. The van der Waals surface area contributed by atoms with Crippen LogP contribution in [0.5, 0.6) is 0 Å². The second-order valence-corrected chi connectivity index (χ2v) is 9.90. The lowest BCUT2D eigenvalue weighted by Gasteiger charge is -2.57. The van der Waals surface area contributed by atoms with Gasteiger partial charge in [0.1, 0.15) is 6.10 Å². The molecule has 168 valence electrons. The highest BCUT2D eigenvalue weighted by Gasteiger charge is 2.59. The van der Waals surface area contributed by atoms with Crippen molar-refractivity contribution in [1.82, 2.24) is 5.48 Å². The minimum absolute atomic E-state index is 0.0411. The van der Waals surface area contributed by atoms with Crippen LogP contribution in [0.3, 0.4) is 0 Å². The number of ether oxygens (including phenoxy) is 1. The summed E-state index contributed by atoms with van der Waals surface area (Å²) < 4.78 is 5.86. The molecule has 0 aromatic rings. The third kappa shape index (κ3) is 4.01. The van der Waals surface area contributed by atoms with Gasteiger partial charge < -0.3 is 10.5 Å². The van der Waals surface area contributed by atoms with Crippen molar-refractivity contribution in [2.75, 3.05) is 0 Å². The number of fused-ring (bicyclic) bond motifs is 5. The normalized spacial score (nSPS) is 39.3. The molecule has 0 aromatic carbocycles. The van der Waals surface area contributed by atoms with Crippen LogP contribution >= 0.6 is 0 Å². The predicted octanol–water partition coefficient (Wildman–Crippen LogP) is 3.88. The molecule has 4 aliphatic rings. The van der Waals surface area contributed by atoms with E-state index in [1.165, 1.54) is 30.3 Å². The number of carbonyl (C=O) groups is 3. The molecular weight excluding hydrogens is 384 g/mol. The highest BCUT2D eigenvalue weighted by molar-refractivity contribution is 5.91. The van der Waals surface area contributed by atoms with Gasteiger partial charge in [0.25, 0.3) is 0 Å². The van der Waals surface area contributed by atoms with Gasteiger partial charge in [-0.3, -0.25) is 14.8 Å². The standard InChI is InChI=1S/C22H32O3.CH4N2O2/c1-4-20(24)25-19-8-7-17-16-6-5-14-13-15(23)9-11-21(14,2)18(16)10-12-22(17,19)3;2-1(4)3-5/h13,16-19H,4-12H2,1-3H3;5H,(H3,2,3,4). The van der Waals surface area contributed by atoms with Crippen molar-refractivity contribution in [2.24, 2.45) is 34.3 Å². The monoisotopic (exact) mass is 420 g/mol. The van der Waals surface area contributed by atoms with Crippen molar-refractivity contribution in [3.63, 3.8) is 0 Å². The van der Waals surface area contributed by atoms with Crippen molar-refractivity contribution >= 4 is 17.8 Å². The number of rotatable bonds is 2. The maximum Gasteiger partial charge on any atom is 0.335 e. The Hall–Kier alpha value is -1.89. The van der Waals surface area contributed by atoms with E-state index in [-0.39, 0.29) is 22.9 Å². The molecule has 3 saturated carbocycles. The molecule has 2 amide bonds. The molecule has 4 aliphatic carbocycles. The number of nitrogens with one attached hydrogen (secondary N) is 1. The lowest BCUT2D eigenvalue weighted by atomic mass is 9.47. The van der Waals surface area contributed by atoms with Crippen LogP contribution in [0, 0.1) is 28.6 Å². The fourth-order valence-electron chi connectivity index (χ4n) is 6.95. The van der Waals surface area contributed by atoms with Gasteiger partial charge in [0.15, 0.2) is 5.78 Å². The lowest BCUT2D eigenvalue weighted by Crippen LogP contribution is -2.51. The molecule has 0 spiro atoms. The first kappa shape index (κ1) is 22.8. The van der Waals surface area contributed by atoms with E-state index in [1.54, 1.807) is 0 Å². The summed E-state index contributed by atoms with van der Waals surface area (Å²) in [6.45, 7) is 6.69. The molecule has 0 radical (unpaired) electrons. The van der Waals surface area contributed by atoms with E-state index in [1.807, 2.05) is 13.0 Å². The molecular formula is C23H36N2O5. The number of nitrogens with two attached hydrogens (primary N) is 1. The first-order valence-corrected chi connectivity index (χ1v) is 11.3. The molecule has 4 rings (SSSR count). The van der Waals surface area contributed by atoms with Crippen molar-refractivity contribution < 1.29 is 24.3 Å². The van der Waals surface area contributed by atoms with Crippen molar-refractivity contribution in [3.8, 4) is 0 Å². The first-order valence-electron chi connectivity index (χ1n) is 11.3. The Morgan fingerprint density at radius 1 is 1.17 bits per heavy atom. The number of hydrogen-bond acceptors (Lipinski definition) is 5. The van der Waals surface area contributed by atoms with Gasteiger partial charge in [0.2, 0.25) is 0 Å². The summed E-state index contributed by atoms with van der Waals surface area (Å²) >= 11 is 0. The van der Waals surface area contributed by atoms with E-state index in [0.29, 0.717) is 24.0 Å². The van der Waals surface area contributed by atoms with Gasteiger partial charge in [0.05, 0.1) is 0 Å². The third-order valence-electron chi connectivity index (χ3n) is 8.55. The van der Waals surface area contributed by atoms with Crippen LogP contribution in [0.25, 0.3) is 0 Å². The second kappa shape index (κ2) is 8.69. The Balaban J connectivity index is 0.000000461. The topological polar surface area (TPSA) is 119 Å². The van der Waals surface area contributed by atoms with Gasteiger partial charge >= 0.3 is 12.0 Å². The number of hydrogen-bond donors (Lipinski definition) is 3. The summed E-state index contributed by atoms with van der Waals surface area (Å²) in [5.74, 6) is 2.41. The number of urea groups is 1. The minimum atomic E-state index is -0.940. The van der Waals surface area contributed by atoms with Crippen LogP contribution < -0.4 is 11.2 Å². The van der Waals surface area contributed by atoms with Gasteiger partial charge in [0, 0.05) is 18.3 Å². The van der Waals surface area contributed by atoms with E-state index < -0.39 is 6.03 Å². The van der Waals surface area contributed by atoms with Crippen LogP contribution in [-0.4, -0.2) is 29.1 Å². The summed E-state index contributed by atoms with van der Waals surface area (Å²) in [6, 6.07) is -0.940. The number of hydroxylamine groups is 1. The number of esters is 1. The Morgan fingerprint density at radius 2 is 1.87 bits per heavy atom. The largest absolute Gasteiger partial charge is 0.462 e. The van der Waals surface area contributed by atoms with E-state index in [9.17, 15) is 14.4 Å². The zero-order chi connectivity index (χ0) is 22.1. The Labute approximate surface area is 178 Å². The average Bonchev–Trinajstić information content (AvgIpc) is 3.05. The molecule has 30 heavy (non-hydrogen) atoms. The lowest BCUT2D eigenvalue weighted by molar-refractivity contribution is -0.159. The number of allylic oxidation sites excluding steroid dienone is 1. The molecule has 4 N–H and O–H groups in total. The number of ketones is 1. The van der Waals surface area contributed by atoms with Gasteiger partial charge in [-0.05, 0) is 74.2 Å². The number of carbonyl (C=O) groups excluding carboxylic acids is 3. The van der Waals surface area contributed by atoms with Gasteiger partial charge in [-0.1, -0.05) is 26.3 Å². The summed E-state index contributed by atoms with van der Waals surface area (Å²) in [7, 11) is 0. The van der Waals surface area contributed by atoms with Crippen molar-refractivity contribution in [3.05, 3.63) is 11.6 Å². The van der Waals surface area contributed by atoms with Crippen LogP contribution in [0.4, 0.5) is 4.79 Å². The van der Waals surface area contributed by atoms with Gasteiger partial charge in [-0.2, -0.15) is 0 Å². The van der Waals surface area contributed by atoms with Gasteiger partial charge in [-0.15, -0.1) is 0 Å². The summed E-state index contributed by atoms with van der Waals surface area (Å²) in [4.78, 5) is 33.0. The second-order valence-electron chi connectivity index (χ2n) is 9.90. The van der Waals surface area contributed by atoms with E-state index in [0.717, 1.165) is 38.0 Å². The predicted molar refractivity (Wildman–Crippen MR) is 111 cm³/mol. The molecule has 0 aromatic heterocycles.